The van der Waals surface area contributed by atoms with E-state index < -0.39 is 0 Å². The first kappa shape index (κ1) is 10.1. The van der Waals surface area contributed by atoms with Crippen LogP contribution >= 0.6 is 11.8 Å². The quantitative estimate of drug-likeness (QED) is 0.771. The second kappa shape index (κ2) is 3.59. The Morgan fingerprint density at radius 2 is 2.14 bits per heavy atom. The summed E-state index contributed by atoms with van der Waals surface area (Å²) in [5.74, 6) is 0. The van der Waals surface area contributed by atoms with Crippen LogP contribution in [0.1, 0.15) is 24.0 Å². The maximum atomic E-state index is 9.83. The van der Waals surface area contributed by atoms with E-state index in [-0.39, 0.29) is 5.60 Å². The molecule has 0 radical (unpaired) electrons. The fourth-order valence-corrected chi connectivity index (χ4v) is 2.17. The Morgan fingerprint density at radius 1 is 1.43 bits per heavy atom. The second-order valence-electron chi connectivity index (χ2n) is 4.19. The smallest absolute Gasteiger partial charge is 0.0690 e. The Kier molecular flexibility index (Phi) is 2.58. The number of benzene rings is 1. The summed E-state index contributed by atoms with van der Waals surface area (Å²) in [5, 5.41) is 9.83. The molecule has 1 fully saturated rings. The van der Waals surface area contributed by atoms with Gasteiger partial charge in [0.25, 0.3) is 0 Å². The zero-order valence-corrected chi connectivity index (χ0v) is 9.53. The molecule has 1 saturated carbocycles. The molecule has 0 spiro atoms. The molecular weight excluding hydrogens is 192 g/mol. The fourth-order valence-electron chi connectivity index (χ4n) is 1.67. The van der Waals surface area contributed by atoms with Gasteiger partial charge in [-0.1, -0.05) is 6.07 Å². The van der Waals surface area contributed by atoms with E-state index in [9.17, 15) is 5.11 Å². The molecule has 0 atom stereocenters. The maximum absolute atomic E-state index is 9.83. The first-order chi connectivity index (χ1) is 6.63. The highest BCUT2D eigenvalue weighted by Gasteiger charge is 2.40. The highest BCUT2D eigenvalue weighted by atomic mass is 32.2. The minimum absolute atomic E-state index is 0.369. The van der Waals surface area contributed by atoms with Crippen LogP contribution in [0.15, 0.2) is 23.1 Å². The van der Waals surface area contributed by atoms with Crippen molar-refractivity contribution in [1.82, 2.24) is 0 Å². The minimum Gasteiger partial charge on any atom is -0.390 e. The largest absolute Gasteiger partial charge is 0.390 e. The highest BCUT2D eigenvalue weighted by molar-refractivity contribution is 7.98. The molecule has 2 heteroatoms. The summed E-state index contributed by atoms with van der Waals surface area (Å²) < 4.78 is 0. The van der Waals surface area contributed by atoms with Gasteiger partial charge in [-0.15, -0.1) is 11.8 Å². The molecule has 1 aromatic carbocycles. The van der Waals surface area contributed by atoms with Crippen LogP contribution in [-0.2, 0) is 6.42 Å². The summed E-state index contributed by atoms with van der Waals surface area (Å²) in [6.07, 6.45) is 4.85. The van der Waals surface area contributed by atoms with E-state index in [2.05, 4.69) is 31.4 Å². The normalized spacial score (nSPS) is 18.2. The van der Waals surface area contributed by atoms with Gasteiger partial charge in [0.1, 0.15) is 0 Å². The Hall–Kier alpha value is -0.470. The van der Waals surface area contributed by atoms with Crippen molar-refractivity contribution in [2.45, 2.75) is 36.7 Å². The van der Waals surface area contributed by atoms with Crippen LogP contribution < -0.4 is 0 Å². The average Bonchev–Trinajstić information content (AvgIpc) is 2.88. The molecule has 2 rings (SSSR count). The maximum Gasteiger partial charge on any atom is 0.0690 e. The number of hydrogen-bond acceptors (Lipinski definition) is 2. The van der Waals surface area contributed by atoms with E-state index in [1.54, 1.807) is 11.8 Å². The van der Waals surface area contributed by atoms with Gasteiger partial charge in [-0.25, -0.2) is 0 Å². The Bertz CT molecular complexity index is 342. The molecule has 0 amide bonds. The number of thioether (sulfide) groups is 1. The third-order valence-corrected chi connectivity index (χ3v) is 3.62. The summed E-state index contributed by atoms with van der Waals surface area (Å²) in [5.41, 5.74) is 2.23. The van der Waals surface area contributed by atoms with Crippen LogP contribution in [0.25, 0.3) is 0 Å². The summed E-state index contributed by atoms with van der Waals surface area (Å²) in [4.78, 5) is 1.30. The van der Waals surface area contributed by atoms with Crippen LogP contribution in [-0.4, -0.2) is 17.0 Å². The van der Waals surface area contributed by atoms with Crippen LogP contribution in [0, 0.1) is 6.92 Å². The van der Waals surface area contributed by atoms with Crippen molar-refractivity contribution in [2.75, 3.05) is 6.26 Å². The number of aliphatic hydroxyl groups is 1. The van der Waals surface area contributed by atoms with Gasteiger partial charge < -0.3 is 5.11 Å². The lowest BCUT2D eigenvalue weighted by atomic mass is 10.0. The molecule has 76 valence electrons. The topological polar surface area (TPSA) is 20.2 Å². The molecule has 0 heterocycles. The van der Waals surface area contributed by atoms with Crippen molar-refractivity contribution in [2.24, 2.45) is 0 Å². The summed E-state index contributed by atoms with van der Waals surface area (Å²) in [6, 6.07) is 6.49. The van der Waals surface area contributed by atoms with Crippen LogP contribution in [0.5, 0.6) is 0 Å². The minimum atomic E-state index is -0.369. The van der Waals surface area contributed by atoms with E-state index in [0.29, 0.717) is 0 Å². The van der Waals surface area contributed by atoms with Crippen molar-refractivity contribution >= 4 is 11.8 Å². The lowest BCUT2D eigenvalue weighted by Crippen LogP contribution is -2.11. The number of aryl methyl sites for hydroxylation is 1. The van der Waals surface area contributed by atoms with E-state index in [4.69, 9.17) is 0 Å². The lowest BCUT2D eigenvalue weighted by Gasteiger charge is -2.11. The number of rotatable bonds is 3. The second-order valence-corrected chi connectivity index (χ2v) is 5.07. The lowest BCUT2D eigenvalue weighted by molar-refractivity contribution is 0.151. The van der Waals surface area contributed by atoms with E-state index >= 15 is 0 Å². The third-order valence-electron chi connectivity index (χ3n) is 2.90. The van der Waals surface area contributed by atoms with Crippen molar-refractivity contribution in [3.63, 3.8) is 0 Å². The monoisotopic (exact) mass is 208 g/mol. The predicted octanol–water partition coefficient (Wildman–Crippen LogP) is 2.78. The van der Waals surface area contributed by atoms with Crippen LogP contribution in [0.4, 0.5) is 0 Å². The van der Waals surface area contributed by atoms with Crippen molar-refractivity contribution in [3.8, 4) is 0 Å². The first-order valence-electron chi connectivity index (χ1n) is 4.99. The summed E-state index contributed by atoms with van der Waals surface area (Å²) in [7, 11) is 0. The molecule has 0 aromatic heterocycles. The molecule has 1 aromatic rings. The zero-order chi connectivity index (χ0) is 10.2. The van der Waals surface area contributed by atoms with Gasteiger partial charge in [-0.3, -0.25) is 0 Å². The van der Waals surface area contributed by atoms with Crippen LogP contribution in [0.3, 0.4) is 0 Å². The first-order valence-corrected chi connectivity index (χ1v) is 6.21. The SMILES string of the molecule is CSc1ccc(CC2(O)CC2)c(C)c1. The van der Waals surface area contributed by atoms with Gasteiger partial charge in [-0.2, -0.15) is 0 Å². The number of hydrogen-bond donors (Lipinski definition) is 1. The Morgan fingerprint density at radius 3 is 2.64 bits per heavy atom. The summed E-state index contributed by atoms with van der Waals surface area (Å²) in [6.45, 7) is 2.13. The van der Waals surface area contributed by atoms with Gasteiger partial charge in [0.05, 0.1) is 5.60 Å². The van der Waals surface area contributed by atoms with Gasteiger partial charge >= 0.3 is 0 Å². The van der Waals surface area contributed by atoms with Gasteiger partial charge in [0.2, 0.25) is 0 Å². The standard InChI is InChI=1S/C12H16OS/c1-9-7-11(14-2)4-3-10(9)8-12(13)5-6-12/h3-4,7,13H,5-6,8H2,1-2H3. The molecule has 0 aliphatic heterocycles. The fraction of sp³-hybridized carbons (Fsp3) is 0.500. The molecule has 14 heavy (non-hydrogen) atoms. The molecule has 0 unspecified atom stereocenters. The molecule has 0 bridgehead atoms. The van der Waals surface area contributed by atoms with Crippen molar-refractivity contribution < 1.29 is 5.11 Å². The molecule has 1 N–H and O–H groups in total. The molecule has 1 aliphatic rings. The molecule has 1 aliphatic carbocycles. The summed E-state index contributed by atoms with van der Waals surface area (Å²) >= 11 is 1.76. The predicted molar refractivity (Wildman–Crippen MR) is 60.8 cm³/mol. The van der Waals surface area contributed by atoms with Crippen molar-refractivity contribution in [1.29, 1.82) is 0 Å². The van der Waals surface area contributed by atoms with Gasteiger partial charge in [0, 0.05) is 11.3 Å². The van der Waals surface area contributed by atoms with Gasteiger partial charge in [0.15, 0.2) is 0 Å². The Labute approximate surface area is 89.5 Å². The van der Waals surface area contributed by atoms with E-state index in [0.717, 1.165) is 19.3 Å². The van der Waals surface area contributed by atoms with E-state index in [1.165, 1.54) is 16.0 Å². The van der Waals surface area contributed by atoms with Crippen molar-refractivity contribution in [3.05, 3.63) is 29.3 Å². The van der Waals surface area contributed by atoms with Crippen LogP contribution in [0.2, 0.25) is 0 Å². The molecule has 0 saturated heterocycles. The highest BCUT2D eigenvalue weighted by Crippen LogP contribution is 2.39. The average molecular weight is 208 g/mol. The molecular formula is C12H16OS. The Balaban J connectivity index is 2.17. The van der Waals surface area contributed by atoms with Gasteiger partial charge in [-0.05, 0) is 49.3 Å². The zero-order valence-electron chi connectivity index (χ0n) is 8.71. The van der Waals surface area contributed by atoms with E-state index in [1.807, 2.05) is 0 Å². The molecule has 1 nitrogen and oxygen atoms in total. The third kappa shape index (κ3) is 2.12.